The molecule has 2 N–H and O–H groups in total. The average molecular weight is 462 g/mol. The van der Waals surface area contributed by atoms with Crippen molar-refractivity contribution in [2.45, 2.75) is 25.8 Å². The van der Waals surface area contributed by atoms with Crippen LogP contribution in [0.3, 0.4) is 0 Å². The van der Waals surface area contributed by atoms with E-state index in [1.54, 1.807) is 35.2 Å². The second-order valence-corrected chi connectivity index (χ2v) is 8.33. The van der Waals surface area contributed by atoms with Crippen LogP contribution in [0.5, 0.6) is 5.75 Å². The first-order valence-corrected chi connectivity index (χ1v) is 11.3. The summed E-state index contributed by atoms with van der Waals surface area (Å²) in [5, 5.41) is 6.09. The number of fused-ring (bicyclic) bond motifs is 1. The molecule has 1 aliphatic rings. The molecule has 2 amide bonds. The molecule has 0 saturated heterocycles. The Bertz CT molecular complexity index is 1230. The van der Waals surface area contributed by atoms with Crippen molar-refractivity contribution in [2.24, 2.45) is 0 Å². The second kappa shape index (κ2) is 10.1. The fourth-order valence-electron chi connectivity index (χ4n) is 4.39. The first-order chi connectivity index (χ1) is 16.4. The van der Waals surface area contributed by atoms with Crippen molar-refractivity contribution in [2.75, 3.05) is 30.9 Å². The Morgan fingerprint density at radius 3 is 2.62 bits per heavy atom. The number of methoxy groups -OCH3 is 1. The molecule has 3 aromatic rings. The van der Waals surface area contributed by atoms with Crippen molar-refractivity contribution < 1.29 is 18.7 Å². The summed E-state index contributed by atoms with van der Waals surface area (Å²) in [4.78, 5) is 28.0. The zero-order chi connectivity index (χ0) is 24.2. The van der Waals surface area contributed by atoms with Crippen LogP contribution >= 0.6 is 0 Å². The van der Waals surface area contributed by atoms with E-state index in [1.165, 1.54) is 19.2 Å². The minimum absolute atomic E-state index is 0.0305. The summed E-state index contributed by atoms with van der Waals surface area (Å²) < 4.78 is 19.5. The van der Waals surface area contributed by atoms with E-state index in [-0.39, 0.29) is 23.7 Å². The van der Waals surface area contributed by atoms with Crippen molar-refractivity contribution in [3.8, 4) is 5.75 Å². The third-order valence-corrected chi connectivity index (χ3v) is 6.21. The molecule has 7 heteroatoms. The molecule has 1 aliphatic heterocycles. The number of rotatable bonds is 5. The molecule has 6 nitrogen and oxygen atoms in total. The Morgan fingerprint density at radius 2 is 1.88 bits per heavy atom. The predicted octanol–water partition coefficient (Wildman–Crippen LogP) is 5.10. The van der Waals surface area contributed by atoms with E-state index in [9.17, 15) is 14.0 Å². The van der Waals surface area contributed by atoms with E-state index < -0.39 is 0 Å². The quantitative estimate of drug-likeness (QED) is 0.555. The lowest BCUT2D eigenvalue weighted by molar-refractivity contribution is 0.0985. The van der Waals surface area contributed by atoms with Crippen LogP contribution < -0.4 is 20.3 Å². The van der Waals surface area contributed by atoms with Gasteiger partial charge < -0.3 is 20.3 Å². The van der Waals surface area contributed by atoms with E-state index >= 15 is 0 Å². The molecule has 0 spiro atoms. The number of nitrogens with one attached hydrogen (secondary N) is 2. The number of hydrogen-bond donors (Lipinski definition) is 2. The van der Waals surface area contributed by atoms with Gasteiger partial charge in [0.05, 0.1) is 12.8 Å². The van der Waals surface area contributed by atoms with Gasteiger partial charge in [0.25, 0.3) is 11.8 Å². The number of amides is 2. The van der Waals surface area contributed by atoms with Crippen molar-refractivity contribution in [3.63, 3.8) is 0 Å². The van der Waals surface area contributed by atoms with Crippen LogP contribution in [0.15, 0.2) is 60.7 Å². The monoisotopic (exact) mass is 461 g/mol. The van der Waals surface area contributed by atoms with Gasteiger partial charge in [-0.2, -0.15) is 0 Å². The van der Waals surface area contributed by atoms with Gasteiger partial charge in [-0.05, 0) is 80.4 Å². The van der Waals surface area contributed by atoms with E-state index in [1.807, 2.05) is 32.2 Å². The number of carbonyl (C=O) groups excluding carboxylic acids is 2. The predicted molar refractivity (Wildman–Crippen MR) is 131 cm³/mol. The molecular weight excluding hydrogens is 433 g/mol. The molecule has 176 valence electrons. The second-order valence-electron chi connectivity index (χ2n) is 8.33. The number of anilines is 2. The zero-order valence-corrected chi connectivity index (χ0v) is 19.5. The molecule has 0 fully saturated rings. The van der Waals surface area contributed by atoms with Gasteiger partial charge in [0.1, 0.15) is 11.6 Å². The molecule has 0 aromatic heterocycles. The number of nitrogens with zero attached hydrogens (tertiary/aromatic N) is 1. The molecule has 3 aromatic carbocycles. The maximum atomic E-state index is 14.0. The molecule has 4 rings (SSSR count). The molecule has 0 saturated carbocycles. The smallest absolute Gasteiger partial charge is 0.258 e. The van der Waals surface area contributed by atoms with Crippen molar-refractivity contribution in [1.29, 1.82) is 0 Å². The van der Waals surface area contributed by atoms with E-state index in [0.717, 1.165) is 24.0 Å². The summed E-state index contributed by atoms with van der Waals surface area (Å²) in [6.45, 7) is 2.39. The summed E-state index contributed by atoms with van der Waals surface area (Å²) in [6, 6.07) is 16.8. The molecule has 1 heterocycles. The van der Waals surface area contributed by atoms with Crippen LogP contribution in [-0.4, -0.2) is 32.5 Å². The topological polar surface area (TPSA) is 70.7 Å². The van der Waals surface area contributed by atoms with Crippen molar-refractivity contribution >= 4 is 23.2 Å². The Balaban J connectivity index is 1.63. The highest BCUT2D eigenvalue weighted by Gasteiger charge is 2.27. The average Bonchev–Trinajstić information content (AvgIpc) is 3.02. The molecular formula is C27H28FN3O3. The van der Waals surface area contributed by atoms with Crippen LogP contribution in [0.25, 0.3) is 0 Å². The number of ether oxygens (including phenoxy) is 1. The van der Waals surface area contributed by atoms with Crippen molar-refractivity contribution in [3.05, 3.63) is 88.7 Å². The Hall–Kier alpha value is -3.71. The SMILES string of the molecule is CNC1CCCN(C(=O)c2ccc(NC(=O)c3ccccc3C)c(OC)c2)c2ccc(F)cc21. The van der Waals surface area contributed by atoms with E-state index in [2.05, 4.69) is 10.6 Å². The first kappa shape index (κ1) is 23.4. The molecule has 1 atom stereocenters. The fourth-order valence-corrected chi connectivity index (χ4v) is 4.39. The van der Waals surface area contributed by atoms with Gasteiger partial charge >= 0.3 is 0 Å². The third kappa shape index (κ3) is 4.65. The molecule has 0 radical (unpaired) electrons. The number of hydrogen-bond acceptors (Lipinski definition) is 4. The number of halogens is 1. The van der Waals surface area contributed by atoms with Gasteiger partial charge in [0.2, 0.25) is 0 Å². The fraction of sp³-hybridized carbons (Fsp3) is 0.259. The largest absolute Gasteiger partial charge is 0.495 e. The van der Waals surface area contributed by atoms with Crippen LogP contribution in [0.2, 0.25) is 0 Å². The lowest BCUT2D eigenvalue weighted by atomic mass is 10.0. The van der Waals surface area contributed by atoms with Crippen LogP contribution in [-0.2, 0) is 0 Å². The Kier molecular flexibility index (Phi) is 6.93. The standard InChI is InChI=1S/C27H28FN3O3/c1-17-7-4-5-8-20(17)26(32)30-23-12-10-18(15-25(23)34-3)27(33)31-14-6-9-22(29-2)21-16-19(28)11-13-24(21)31/h4-5,7-8,10-13,15-16,22,29H,6,9,14H2,1-3H3,(H,30,32). The maximum absolute atomic E-state index is 14.0. The number of benzene rings is 3. The Labute approximate surface area is 198 Å². The van der Waals surface area contributed by atoms with Crippen LogP contribution in [0, 0.1) is 12.7 Å². The normalized spacial score (nSPS) is 15.3. The van der Waals surface area contributed by atoms with Crippen LogP contribution in [0.4, 0.5) is 15.8 Å². The summed E-state index contributed by atoms with van der Waals surface area (Å²) in [6.07, 6.45) is 1.57. The summed E-state index contributed by atoms with van der Waals surface area (Å²) in [5.74, 6) is -0.407. The van der Waals surface area contributed by atoms with E-state index in [0.29, 0.717) is 34.8 Å². The number of carbonyl (C=O) groups is 2. The van der Waals surface area contributed by atoms with Gasteiger partial charge in [0.15, 0.2) is 0 Å². The Morgan fingerprint density at radius 1 is 1.09 bits per heavy atom. The molecule has 0 aliphatic carbocycles. The molecule has 1 unspecified atom stereocenters. The minimum Gasteiger partial charge on any atom is -0.495 e. The maximum Gasteiger partial charge on any atom is 0.258 e. The lowest BCUT2D eigenvalue weighted by Gasteiger charge is -2.24. The third-order valence-electron chi connectivity index (χ3n) is 6.21. The first-order valence-electron chi connectivity index (χ1n) is 11.3. The highest BCUT2D eigenvalue weighted by molar-refractivity contribution is 6.09. The summed E-state index contributed by atoms with van der Waals surface area (Å²) in [7, 11) is 3.33. The van der Waals surface area contributed by atoms with Crippen molar-refractivity contribution in [1.82, 2.24) is 5.32 Å². The zero-order valence-electron chi connectivity index (χ0n) is 19.5. The number of aryl methyl sites for hydroxylation is 1. The van der Waals surface area contributed by atoms with Gasteiger partial charge in [-0.15, -0.1) is 0 Å². The summed E-state index contributed by atoms with van der Waals surface area (Å²) in [5.41, 5.74) is 3.78. The summed E-state index contributed by atoms with van der Waals surface area (Å²) >= 11 is 0. The van der Waals surface area contributed by atoms with E-state index in [4.69, 9.17) is 4.74 Å². The minimum atomic E-state index is -0.330. The highest BCUT2D eigenvalue weighted by atomic mass is 19.1. The lowest BCUT2D eigenvalue weighted by Crippen LogP contribution is -2.32. The van der Waals surface area contributed by atoms with Gasteiger partial charge in [-0.3, -0.25) is 9.59 Å². The molecule has 0 bridgehead atoms. The van der Waals surface area contributed by atoms with Crippen LogP contribution in [0.1, 0.15) is 50.7 Å². The highest BCUT2D eigenvalue weighted by Crippen LogP contribution is 2.35. The van der Waals surface area contributed by atoms with Gasteiger partial charge in [0, 0.05) is 29.4 Å². The van der Waals surface area contributed by atoms with Gasteiger partial charge in [-0.25, -0.2) is 4.39 Å². The molecule has 34 heavy (non-hydrogen) atoms. The van der Waals surface area contributed by atoms with Gasteiger partial charge in [-0.1, -0.05) is 18.2 Å².